The quantitative estimate of drug-likeness (QED) is 0.644. The normalized spacial score (nSPS) is 16.0. The third kappa shape index (κ3) is 5.02. The number of amides is 2. The number of nitrogens with one attached hydrogen (secondary N) is 1. The summed E-state index contributed by atoms with van der Waals surface area (Å²) in [6, 6.07) is 3.29. The Morgan fingerprint density at radius 2 is 1.86 bits per heavy atom. The second-order valence-electron chi connectivity index (χ2n) is 9.10. The number of ether oxygens (including phenoxy) is 1. The molecule has 2 aromatic rings. The van der Waals surface area contributed by atoms with E-state index in [1.54, 1.807) is 9.80 Å². The Bertz CT molecular complexity index is 1160. The van der Waals surface area contributed by atoms with Gasteiger partial charge in [0, 0.05) is 56.8 Å². The minimum atomic E-state index is -4.48. The second kappa shape index (κ2) is 9.82. The SMILES string of the molecule is COc1cc(C(F)(F)F)ccc1CNc1nc(N2CCN(C(C)=O)CC2)nc2c1CN(C(C)C)C2=O. The van der Waals surface area contributed by atoms with Crippen LogP contribution in [0.15, 0.2) is 18.2 Å². The monoisotopic (exact) mass is 506 g/mol. The Morgan fingerprint density at radius 3 is 2.44 bits per heavy atom. The van der Waals surface area contributed by atoms with E-state index in [0.717, 1.165) is 12.1 Å². The summed E-state index contributed by atoms with van der Waals surface area (Å²) in [5.41, 5.74) is 0.672. The van der Waals surface area contributed by atoms with Gasteiger partial charge in [-0.3, -0.25) is 9.59 Å². The topological polar surface area (TPSA) is 90.9 Å². The number of carbonyl (C=O) groups is 2. The molecule has 9 nitrogen and oxygen atoms in total. The molecule has 12 heteroatoms. The van der Waals surface area contributed by atoms with Crippen molar-refractivity contribution in [3.63, 3.8) is 0 Å². The van der Waals surface area contributed by atoms with Gasteiger partial charge < -0.3 is 24.8 Å². The number of hydrogen-bond acceptors (Lipinski definition) is 7. The first-order chi connectivity index (χ1) is 17.0. The van der Waals surface area contributed by atoms with E-state index in [2.05, 4.69) is 10.3 Å². The maximum atomic E-state index is 13.1. The van der Waals surface area contributed by atoms with Crippen LogP contribution in [0.1, 0.15) is 48.0 Å². The molecule has 194 valence electrons. The van der Waals surface area contributed by atoms with Gasteiger partial charge in [-0.05, 0) is 26.0 Å². The number of aromatic nitrogens is 2. The number of benzene rings is 1. The lowest BCUT2D eigenvalue weighted by Gasteiger charge is -2.34. The average molecular weight is 507 g/mol. The Kier molecular flexibility index (Phi) is 6.96. The summed E-state index contributed by atoms with van der Waals surface area (Å²) < 4.78 is 44.5. The molecule has 2 amide bonds. The van der Waals surface area contributed by atoms with Crippen molar-refractivity contribution in [2.75, 3.05) is 43.5 Å². The van der Waals surface area contributed by atoms with Crippen LogP contribution in [0.4, 0.5) is 24.9 Å². The Hall–Kier alpha value is -3.57. The molecule has 0 aliphatic carbocycles. The summed E-state index contributed by atoms with van der Waals surface area (Å²) in [6.45, 7) is 7.91. The summed E-state index contributed by atoms with van der Waals surface area (Å²) in [5, 5.41) is 3.20. The van der Waals surface area contributed by atoms with Gasteiger partial charge in [-0.1, -0.05) is 6.07 Å². The lowest BCUT2D eigenvalue weighted by molar-refractivity contribution is -0.137. The molecule has 0 saturated carbocycles. The van der Waals surface area contributed by atoms with Crippen molar-refractivity contribution in [2.45, 2.75) is 46.1 Å². The number of carbonyl (C=O) groups excluding carboxylic acids is 2. The van der Waals surface area contributed by atoms with E-state index in [9.17, 15) is 22.8 Å². The first-order valence-corrected chi connectivity index (χ1v) is 11.7. The maximum Gasteiger partial charge on any atom is 0.416 e. The number of methoxy groups -OCH3 is 1. The number of piperazine rings is 1. The van der Waals surface area contributed by atoms with Crippen molar-refractivity contribution in [1.82, 2.24) is 19.8 Å². The smallest absolute Gasteiger partial charge is 0.416 e. The average Bonchev–Trinajstić information content (AvgIpc) is 3.18. The summed E-state index contributed by atoms with van der Waals surface area (Å²) in [7, 11) is 1.32. The molecule has 1 aromatic carbocycles. The van der Waals surface area contributed by atoms with Crippen LogP contribution in [0.25, 0.3) is 0 Å². The van der Waals surface area contributed by atoms with Gasteiger partial charge >= 0.3 is 6.18 Å². The molecule has 0 spiro atoms. The van der Waals surface area contributed by atoms with E-state index >= 15 is 0 Å². The Labute approximate surface area is 207 Å². The molecule has 1 saturated heterocycles. The molecule has 3 heterocycles. The van der Waals surface area contributed by atoms with E-state index in [-0.39, 0.29) is 30.2 Å². The fourth-order valence-electron chi connectivity index (χ4n) is 4.35. The van der Waals surface area contributed by atoms with Crippen LogP contribution >= 0.6 is 0 Å². The van der Waals surface area contributed by atoms with Crippen LogP contribution < -0.4 is 15.0 Å². The highest BCUT2D eigenvalue weighted by atomic mass is 19.4. The summed E-state index contributed by atoms with van der Waals surface area (Å²) >= 11 is 0. The number of nitrogens with zero attached hydrogens (tertiary/aromatic N) is 5. The molecule has 36 heavy (non-hydrogen) atoms. The molecule has 1 N–H and O–H groups in total. The van der Waals surface area contributed by atoms with Crippen LogP contribution in [0.5, 0.6) is 5.75 Å². The highest BCUT2D eigenvalue weighted by Crippen LogP contribution is 2.34. The molecular formula is C24H29F3N6O3. The largest absolute Gasteiger partial charge is 0.496 e. The van der Waals surface area contributed by atoms with Crippen molar-refractivity contribution in [1.29, 1.82) is 0 Å². The van der Waals surface area contributed by atoms with Crippen molar-refractivity contribution >= 4 is 23.6 Å². The van der Waals surface area contributed by atoms with Gasteiger partial charge in [0.15, 0.2) is 0 Å². The lowest BCUT2D eigenvalue weighted by Crippen LogP contribution is -2.48. The minimum absolute atomic E-state index is 0.000110. The van der Waals surface area contributed by atoms with Crippen LogP contribution in [0.3, 0.4) is 0 Å². The van der Waals surface area contributed by atoms with Crippen LogP contribution in [0, 0.1) is 0 Å². The van der Waals surface area contributed by atoms with Crippen molar-refractivity contribution < 1.29 is 27.5 Å². The summed E-state index contributed by atoms with van der Waals surface area (Å²) in [4.78, 5) is 39.4. The number of fused-ring (bicyclic) bond motifs is 1. The van der Waals surface area contributed by atoms with E-state index in [1.807, 2.05) is 18.7 Å². The van der Waals surface area contributed by atoms with Gasteiger partial charge in [0.1, 0.15) is 17.3 Å². The standard InChI is InChI=1S/C24H29F3N6O3/c1-14(2)33-13-18-20(22(33)35)29-23(32-9-7-31(8-10-32)15(3)34)30-21(18)28-12-16-5-6-17(24(25,26)27)11-19(16)36-4/h5-6,11,14H,7-10,12-13H2,1-4H3,(H,28,29,30). The zero-order valence-corrected chi connectivity index (χ0v) is 20.6. The highest BCUT2D eigenvalue weighted by molar-refractivity contribution is 5.98. The molecule has 1 fully saturated rings. The molecule has 2 aliphatic rings. The summed E-state index contributed by atoms with van der Waals surface area (Å²) in [6.07, 6.45) is -4.48. The molecule has 2 aliphatic heterocycles. The van der Waals surface area contributed by atoms with Crippen LogP contribution in [0.2, 0.25) is 0 Å². The molecule has 4 rings (SSSR count). The third-order valence-electron chi connectivity index (χ3n) is 6.48. The first kappa shape index (κ1) is 25.5. The van der Waals surface area contributed by atoms with E-state index in [0.29, 0.717) is 61.3 Å². The number of halogens is 3. The van der Waals surface area contributed by atoms with Gasteiger partial charge in [0.25, 0.3) is 5.91 Å². The summed E-state index contributed by atoms with van der Waals surface area (Å²) in [5.74, 6) is 0.727. The predicted octanol–water partition coefficient (Wildman–Crippen LogP) is 3.15. The van der Waals surface area contributed by atoms with Gasteiger partial charge in [-0.15, -0.1) is 0 Å². The molecule has 1 aromatic heterocycles. The van der Waals surface area contributed by atoms with Crippen LogP contribution in [-0.2, 0) is 24.1 Å². The highest BCUT2D eigenvalue weighted by Gasteiger charge is 2.35. The maximum absolute atomic E-state index is 13.1. The van der Waals surface area contributed by atoms with Gasteiger partial charge in [-0.25, -0.2) is 4.98 Å². The lowest BCUT2D eigenvalue weighted by atomic mass is 10.1. The number of anilines is 2. The zero-order valence-electron chi connectivity index (χ0n) is 20.6. The van der Waals surface area contributed by atoms with Crippen LogP contribution in [-0.4, -0.2) is 70.9 Å². The number of hydrogen-bond donors (Lipinski definition) is 1. The van der Waals surface area contributed by atoms with Crippen molar-refractivity contribution in [3.8, 4) is 5.75 Å². The van der Waals surface area contributed by atoms with E-state index in [4.69, 9.17) is 9.72 Å². The minimum Gasteiger partial charge on any atom is -0.496 e. The fourth-order valence-corrected chi connectivity index (χ4v) is 4.35. The molecule has 0 unspecified atom stereocenters. The Morgan fingerprint density at radius 1 is 1.17 bits per heavy atom. The van der Waals surface area contributed by atoms with E-state index < -0.39 is 11.7 Å². The van der Waals surface area contributed by atoms with E-state index in [1.165, 1.54) is 20.1 Å². The number of alkyl halides is 3. The van der Waals surface area contributed by atoms with Gasteiger partial charge in [0.2, 0.25) is 11.9 Å². The number of rotatable bonds is 6. The molecular weight excluding hydrogens is 477 g/mol. The van der Waals surface area contributed by atoms with Gasteiger partial charge in [0.05, 0.1) is 19.2 Å². The Balaban J connectivity index is 1.63. The first-order valence-electron chi connectivity index (χ1n) is 11.7. The van der Waals surface area contributed by atoms with Gasteiger partial charge in [-0.2, -0.15) is 18.2 Å². The second-order valence-corrected chi connectivity index (χ2v) is 9.10. The molecule has 0 atom stereocenters. The van der Waals surface area contributed by atoms with Crippen molar-refractivity contribution in [2.24, 2.45) is 0 Å². The fraction of sp³-hybridized carbons (Fsp3) is 0.500. The predicted molar refractivity (Wildman–Crippen MR) is 127 cm³/mol. The molecule has 0 bridgehead atoms. The molecule has 0 radical (unpaired) electrons. The van der Waals surface area contributed by atoms with Crippen molar-refractivity contribution in [3.05, 3.63) is 40.6 Å². The third-order valence-corrected chi connectivity index (χ3v) is 6.48. The zero-order chi connectivity index (χ0) is 26.2.